The standard InChI is InChI=1S/C54H67ClN8O9S/c1-53(2)29-43(36-6-8-38(55)9-7-36)44-33-61-22-21-60(32-40(61)34-70-23-5-25-71-49(44)30-53)39-10-12-42(46(27-39)62-20-4-24-72-52-48(62)26-37-16-19-56-50(37)58-52)51(64)59-73(68,69)41-11-13-45(47(28-41)63(66)67)57-31-35-14-17-54(3,65)18-15-35/h6-13,16,19,26-28,35,40,49,57,63,65-66H,4-5,14-15,17-18,20-25,29-34H2,1-3H3,(H,56,58)(H,59,64)/t35?,40?,49-,54?/m1/s1. The van der Waals surface area contributed by atoms with Gasteiger partial charge in [0.15, 0.2) is 5.69 Å². The van der Waals surface area contributed by atoms with Crippen LogP contribution in [0.2, 0.25) is 5.02 Å². The fourth-order valence-corrected chi connectivity index (χ4v) is 12.4. The minimum Gasteiger partial charge on any atom is -0.595 e. The Kier molecular flexibility index (Phi) is 14.8. The number of carbonyl (C=O) groups is 1. The molecule has 3 aromatic carbocycles. The van der Waals surface area contributed by atoms with E-state index in [0.29, 0.717) is 99.8 Å². The molecular formula is C54H67ClN8O9S. The number of quaternary nitrogens is 1. The number of pyridine rings is 1. The summed E-state index contributed by atoms with van der Waals surface area (Å²) in [6, 6.07) is 21.3. The van der Waals surface area contributed by atoms with Gasteiger partial charge in [-0.15, -0.1) is 0 Å². The van der Waals surface area contributed by atoms with Crippen molar-refractivity contribution in [3.05, 3.63) is 106 Å². The number of sulfonamides is 1. The number of fused-ring (bicyclic) bond motifs is 4. The molecule has 3 atom stereocenters. The molecule has 0 spiro atoms. The zero-order valence-corrected chi connectivity index (χ0v) is 43.4. The van der Waals surface area contributed by atoms with Gasteiger partial charge in [0.05, 0.1) is 52.8 Å². The lowest BCUT2D eigenvalue weighted by Gasteiger charge is -2.45. The number of nitrogens with one attached hydrogen (secondary N) is 4. The van der Waals surface area contributed by atoms with Crippen LogP contribution in [-0.4, -0.2) is 123 Å². The number of amides is 1. The van der Waals surface area contributed by atoms with Crippen molar-refractivity contribution in [3.63, 3.8) is 0 Å². The fraction of sp³-hybridized carbons (Fsp3) is 0.481. The van der Waals surface area contributed by atoms with Crippen LogP contribution in [0.25, 0.3) is 16.6 Å². The molecule has 73 heavy (non-hydrogen) atoms. The van der Waals surface area contributed by atoms with E-state index < -0.39 is 26.8 Å². The molecule has 5 aliphatic rings. The van der Waals surface area contributed by atoms with Crippen LogP contribution >= 0.6 is 11.6 Å². The number of halogens is 1. The monoisotopic (exact) mass is 1040 g/mol. The van der Waals surface area contributed by atoms with Crippen LogP contribution in [0.4, 0.5) is 28.4 Å². The molecule has 6 N–H and O–H groups in total. The predicted molar refractivity (Wildman–Crippen MR) is 282 cm³/mol. The number of benzene rings is 3. The summed E-state index contributed by atoms with van der Waals surface area (Å²) in [6.45, 7) is 12.2. The van der Waals surface area contributed by atoms with Crippen LogP contribution < -0.4 is 29.8 Å². The first kappa shape index (κ1) is 51.2. The number of aromatic amines is 1. The zero-order chi connectivity index (χ0) is 51.1. The van der Waals surface area contributed by atoms with Crippen LogP contribution in [0.15, 0.2) is 89.5 Å². The van der Waals surface area contributed by atoms with E-state index in [-0.39, 0.29) is 45.3 Å². The van der Waals surface area contributed by atoms with E-state index in [1.807, 2.05) is 48.2 Å². The summed E-state index contributed by atoms with van der Waals surface area (Å²) in [5.74, 6) is -0.279. The van der Waals surface area contributed by atoms with Gasteiger partial charge in [0, 0.05) is 80.8 Å². The predicted octanol–water partition coefficient (Wildman–Crippen LogP) is 7.58. The second-order valence-corrected chi connectivity index (χ2v) is 23.6. The average molecular weight is 1040 g/mol. The Morgan fingerprint density at radius 3 is 2.58 bits per heavy atom. The third-order valence-corrected chi connectivity index (χ3v) is 16.9. The highest BCUT2D eigenvalue weighted by Gasteiger charge is 2.39. The van der Waals surface area contributed by atoms with Gasteiger partial charge in [-0.2, -0.15) is 10.2 Å². The maximum Gasteiger partial charge on any atom is 0.267 e. The van der Waals surface area contributed by atoms with Crippen LogP contribution in [-0.2, 0) is 19.5 Å². The second kappa shape index (κ2) is 21.2. The molecule has 2 unspecified atom stereocenters. The lowest BCUT2D eigenvalue weighted by Crippen LogP contribution is -2.99. The zero-order valence-electron chi connectivity index (χ0n) is 41.8. The molecule has 2 aromatic heterocycles. The summed E-state index contributed by atoms with van der Waals surface area (Å²) in [5.41, 5.74) is 5.84. The summed E-state index contributed by atoms with van der Waals surface area (Å²) >= 11 is 6.38. The highest BCUT2D eigenvalue weighted by Crippen LogP contribution is 2.46. The summed E-state index contributed by atoms with van der Waals surface area (Å²) in [7, 11) is -4.59. The van der Waals surface area contributed by atoms with E-state index in [4.69, 9.17) is 30.8 Å². The van der Waals surface area contributed by atoms with Gasteiger partial charge in [0.25, 0.3) is 15.9 Å². The summed E-state index contributed by atoms with van der Waals surface area (Å²) < 4.78 is 49.9. The summed E-state index contributed by atoms with van der Waals surface area (Å²) in [6.07, 6.45) is 7.82. The molecule has 5 aromatic rings. The number of anilines is 4. The van der Waals surface area contributed by atoms with Crippen LogP contribution in [0.5, 0.6) is 5.88 Å². The Labute approximate surface area is 432 Å². The first-order valence-electron chi connectivity index (χ1n) is 25.6. The van der Waals surface area contributed by atoms with Crippen molar-refractivity contribution < 1.29 is 43.0 Å². The Balaban J connectivity index is 0.956. The summed E-state index contributed by atoms with van der Waals surface area (Å²) in [5, 5.41) is 36.6. The van der Waals surface area contributed by atoms with Gasteiger partial charge >= 0.3 is 0 Å². The third kappa shape index (κ3) is 11.5. The number of hydrogen-bond donors (Lipinski definition) is 6. The van der Waals surface area contributed by atoms with Crippen molar-refractivity contribution in [2.45, 2.75) is 94.8 Å². The number of aromatic nitrogens is 2. The third-order valence-electron chi connectivity index (χ3n) is 15.3. The molecule has 10 rings (SSSR count). The molecule has 0 bridgehead atoms. The molecular weight excluding hydrogens is 972 g/mol. The van der Waals surface area contributed by atoms with Crippen molar-refractivity contribution in [3.8, 4) is 5.88 Å². The molecule has 19 heteroatoms. The molecule has 2 saturated heterocycles. The molecule has 17 nitrogen and oxygen atoms in total. The average Bonchev–Trinajstić information content (AvgIpc) is 3.71. The smallest absolute Gasteiger partial charge is 0.267 e. The SMILES string of the molecule is CC1(C)CC(c2ccc(Cl)cc2)=C2CN3CCN(c4ccc(C(=O)NS(=O)(=O)c5ccc(NCC6CCC(C)(O)CC6)c([NH+]([O-])O)c5)c(N5CCCOc6nc7[nH]ccc7cc65)c4)CC3COCCCO[C@@H]2C1. The van der Waals surface area contributed by atoms with Crippen LogP contribution in [0.1, 0.15) is 88.1 Å². The number of piperazine rings is 1. The Morgan fingerprint density at radius 1 is 0.973 bits per heavy atom. The van der Waals surface area contributed by atoms with E-state index in [0.717, 1.165) is 67.9 Å². The topological polar surface area (TPSA) is 209 Å². The van der Waals surface area contributed by atoms with Crippen molar-refractivity contribution in [1.82, 2.24) is 19.6 Å². The Morgan fingerprint density at radius 2 is 1.78 bits per heavy atom. The lowest BCUT2D eigenvalue weighted by atomic mass is 9.71. The number of carbonyl (C=O) groups excluding carboxylic acids is 1. The number of nitrogens with zero attached hydrogens (tertiary/aromatic N) is 4. The normalized spacial score (nSPS) is 24.6. The van der Waals surface area contributed by atoms with Gasteiger partial charge in [-0.3, -0.25) is 9.69 Å². The fourth-order valence-electron chi connectivity index (χ4n) is 11.3. The van der Waals surface area contributed by atoms with E-state index in [9.17, 15) is 28.7 Å². The minimum absolute atomic E-state index is 0.0125. The lowest BCUT2D eigenvalue weighted by molar-refractivity contribution is -0.990. The molecule has 2 aliphatic carbocycles. The van der Waals surface area contributed by atoms with E-state index >= 15 is 0 Å². The first-order valence-corrected chi connectivity index (χ1v) is 27.4. The number of allylic oxidation sites excluding steroid dienone is 1. The Bertz CT molecular complexity index is 2950. The maximum absolute atomic E-state index is 14.6. The second-order valence-electron chi connectivity index (χ2n) is 21.5. The van der Waals surface area contributed by atoms with E-state index in [2.05, 4.69) is 50.8 Å². The summed E-state index contributed by atoms with van der Waals surface area (Å²) in [4.78, 5) is 29.0. The molecule has 3 fully saturated rings. The molecule has 1 saturated carbocycles. The van der Waals surface area contributed by atoms with Crippen LogP contribution in [0.3, 0.4) is 0 Å². The van der Waals surface area contributed by atoms with Gasteiger partial charge in [-0.1, -0.05) is 37.6 Å². The minimum atomic E-state index is -4.59. The number of ether oxygens (including phenoxy) is 3. The van der Waals surface area contributed by atoms with E-state index in [1.165, 1.54) is 23.3 Å². The molecule has 1 amide bonds. The van der Waals surface area contributed by atoms with Gasteiger partial charge in [0.2, 0.25) is 5.88 Å². The molecule has 0 radical (unpaired) electrons. The number of rotatable bonds is 10. The van der Waals surface area contributed by atoms with Gasteiger partial charge in [-0.25, -0.2) is 18.3 Å². The quantitative estimate of drug-likeness (QED) is 0.0746. The highest BCUT2D eigenvalue weighted by atomic mass is 35.5. The number of aliphatic hydroxyl groups is 1. The molecule has 3 aliphatic heterocycles. The maximum atomic E-state index is 14.6. The van der Waals surface area contributed by atoms with Crippen molar-refractivity contribution >= 4 is 72.6 Å². The number of H-pyrrole nitrogens is 1. The van der Waals surface area contributed by atoms with E-state index in [1.54, 1.807) is 12.3 Å². The van der Waals surface area contributed by atoms with Crippen molar-refractivity contribution in [1.29, 1.82) is 0 Å². The molecule has 390 valence electrons. The van der Waals surface area contributed by atoms with Gasteiger partial charge in [0.1, 0.15) is 11.3 Å². The van der Waals surface area contributed by atoms with Gasteiger partial charge < -0.3 is 44.6 Å². The largest absolute Gasteiger partial charge is 0.595 e. The Hall–Kier alpha value is -5.28. The molecule has 5 heterocycles. The van der Waals surface area contributed by atoms with Crippen molar-refractivity contribution in [2.24, 2.45) is 11.3 Å². The number of hydrogen-bond acceptors (Lipinski definition) is 14. The van der Waals surface area contributed by atoms with Crippen LogP contribution in [0, 0.1) is 16.5 Å². The highest BCUT2D eigenvalue weighted by molar-refractivity contribution is 7.90. The van der Waals surface area contributed by atoms with Crippen molar-refractivity contribution in [2.75, 3.05) is 80.8 Å². The first-order chi connectivity index (χ1) is 35.0. The van der Waals surface area contributed by atoms with Gasteiger partial charge in [-0.05, 0) is 141 Å².